The summed E-state index contributed by atoms with van der Waals surface area (Å²) < 4.78 is 375. The summed E-state index contributed by atoms with van der Waals surface area (Å²) in [6.07, 6.45) is -42.0. The molecule has 0 amide bonds. The van der Waals surface area contributed by atoms with Crippen LogP contribution in [0.3, 0.4) is 0 Å². The lowest BCUT2D eigenvalue weighted by Gasteiger charge is -2.51. The van der Waals surface area contributed by atoms with E-state index in [0.717, 1.165) is 0 Å². The summed E-state index contributed by atoms with van der Waals surface area (Å²) in [4.78, 5) is 0. The van der Waals surface area contributed by atoms with Crippen LogP contribution in [-0.4, -0.2) is 112 Å². The fourth-order valence-corrected chi connectivity index (χ4v) is 3.91. The van der Waals surface area contributed by atoms with Gasteiger partial charge in [0, 0.05) is 0 Å². The second kappa shape index (κ2) is 11.5. The minimum Gasteiger partial charge on any atom is -0.384 e. The topological polar surface area (TPSA) is 58.9 Å². The summed E-state index contributed by atoms with van der Waals surface area (Å²) in [5, 5.41) is 19.5. The number of hydrogen-bond donors (Lipinski definition) is 2. The minimum atomic E-state index is -9.26. The lowest BCUT2D eigenvalue weighted by atomic mass is 9.72. The second-order valence-corrected chi connectivity index (χ2v) is 10.4. The zero-order valence-corrected chi connectivity index (χ0v) is 22.6. The Kier molecular flexibility index (Phi) is 10.5. The number of hydrogen-bond acceptors (Lipinski definition) is 4. The Morgan fingerprint density at radius 1 is 0.420 bits per heavy atom. The number of ether oxygens (including phenoxy) is 2. The molecule has 0 bridgehead atoms. The molecule has 31 heteroatoms. The van der Waals surface area contributed by atoms with Crippen LogP contribution >= 0.6 is 0 Å². The van der Waals surface area contributed by atoms with Gasteiger partial charge in [0.15, 0.2) is 11.9 Å². The summed E-state index contributed by atoms with van der Waals surface area (Å²) in [6.45, 7) is -0.677. The lowest BCUT2D eigenvalue weighted by Crippen LogP contribution is -2.83. The third-order valence-corrected chi connectivity index (χ3v) is 6.64. The third kappa shape index (κ3) is 5.76. The van der Waals surface area contributed by atoms with Gasteiger partial charge >= 0.3 is 71.8 Å². The molecule has 1 aliphatic rings. The molecule has 1 fully saturated rings. The standard InChI is InChI=1S/C19H11F27O4/c1-6(2)49-3(4(47)8(20,21)11(26,27)14(32,33)17(38,39)40)5(50-6)7(48,9(22,23)12(28,29)15(34,35)18(41,42)43)10(24,25)13(30,31)16(36,37)19(44,45)46/h3-5,47-48H,1-2H3/t3-,4-,5+/m0/s1. The molecule has 1 heterocycles. The summed E-state index contributed by atoms with van der Waals surface area (Å²) in [5.74, 6) is -82.9. The zero-order chi connectivity index (χ0) is 41.1. The van der Waals surface area contributed by atoms with E-state index in [4.69, 9.17) is 0 Å². The van der Waals surface area contributed by atoms with Crippen molar-refractivity contribution in [1.29, 1.82) is 0 Å². The zero-order valence-electron chi connectivity index (χ0n) is 22.6. The summed E-state index contributed by atoms with van der Waals surface area (Å²) >= 11 is 0. The minimum absolute atomic E-state index is 0.338. The van der Waals surface area contributed by atoms with Gasteiger partial charge in [0.25, 0.3) is 0 Å². The largest absolute Gasteiger partial charge is 0.460 e. The lowest BCUT2D eigenvalue weighted by molar-refractivity contribution is -0.475. The molecule has 0 aromatic carbocycles. The van der Waals surface area contributed by atoms with Gasteiger partial charge in [-0.15, -0.1) is 0 Å². The molecule has 50 heavy (non-hydrogen) atoms. The predicted molar refractivity (Wildman–Crippen MR) is 97.5 cm³/mol. The van der Waals surface area contributed by atoms with E-state index >= 15 is 17.6 Å². The van der Waals surface area contributed by atoms with Crippen molar-refractivity contribution < 1.29 is 138 Å². The van der Waals surface area contributed by atoms with Gasteiger partial charge in [-0.1, -0.05) is 0 Å². The van der Waals surface area contributed by atoms with Crippen LogP contribution in [0, 0.1) is 0 Å². The molecule has 1 rings (SSSR count). The van der Waals surface area contributed by atoms with Crippen LogP contribution in [-0.2, 0) is 9.47 Å². The molecule has 300 valence electrons. The van der Waals surface area contributed by atoms with E-state index in [-0.39, 0.29) is 13.8 Å². The molecule has 4 nitrogen and oxygen atoms in total. The van der Waals surface area contributed by atoms with Gasteiger partial charge < -0.3 is 19.7 Å². The van der Waals surface area contributed by atoms with Crippen molar-refractivity contribution in [1.82, 2.24) is 0 Å². The van der Waals surface area contributed by atoms with Crippen molar-refractivity contribution in [2.75, 3.05) is 0 Å². The van der Waals surface area contributed by atoms with Crippen molar-refractivity contribution in [3.63, 3.8) is 0 Å². The van der Waals surface area contributed by atoms with Crippen LogP contribution in [0.2, 0.25) is 0 Å². The first-order valence-electron chi connectivity index (χ1n) is 11.5. The second-order valence-electron chi connectivity index (χ2n) is 10.4. The predicted octanol–water partition coefficient (Wildman–Crippen LogP) is 8.00. The first-order valence-corrected chi connectivity index (χ1v) is 11.5. The molecule has 0 radical (unpaired) electrons. The van der Waals surface area contributed by atoms with E-state index in [1.54, 1.807) is 0 Å². The summed E-state index contributed by atoms with van der Waals surface area (Å²) in [7, 11) is 0. The number of aliphatic hydroxyl groups is 2. The highest BCUT2D eigenvalue weighted by molar-refractivity contribution is 5.25. The Morgan fingerprint density at radius 2 is 0.680 bits per heavy atom. The Morgan fingerprint density at radius 3 is 0.940 bits per heavy atom. The van der Waals surface area contributed by atoms with Crippen molar-refractivity contribution in [3.8, 4) is 0 Å². The van der Waals surface area contributed by atoms with Gasteiger partial charge in [-0.05, 0) is 13.8 Å². The van der Waals surface area contributed by atoms with Crippen LogP contribution in [0.1, 0.15) is 13.8 Å². The van der Waals surface area contributed by atoms with Gasteiger partial charge in [0.1, 0.15) is 12.2 Å². The summed E-state index contributed by atoms with van der Waals surface area (Å²) in [6, 6.07) is 0. The van der Waals surface area contributed by atoms with Crippen molar-refractivity contribution in [2.24, 2.45) is 0 Å². The van der Waals surface area contributed by atoms with Gasteiger partial charge in [-0.25, -0.2) is 0 Å². The average molecular weight is 816 g/mol. The molecule has 2 N–H and O–H groups in total. The van der Waals surface area contributed by atoms with Crippen LogP contribution in [0.4, 0.5) is 119 Å². The number of alkyl halides is 27. The Labute approximate surface area is 255 Å². The molecule has 1 saturated heterocycles. The Hall–Kier alpha value is -2.05. The SMILES string of the molecule is CC1(C)O[C@@H]([C@H](O)C(F)(F)C(F)(F)C(F)(F)C(F)(F)F)[C@H](C(O)(C(F)(F)C(F)(F)C(F)(F)C(F)(F)F)C(F)(F)C(F)(F)C(F)(F)C(F)(F)F)O1. The maximum absolute atomic E-state index is 15.1. The number of aliphatic hydroxyl groups excluding tert-OH is 1. The van der Waals surface area contributed by atoms with Crippen LogP contribution in [0.25, 0.3) is 0 Å². The van der Waals surface area contributed by atoms with E-state index in [1.807, 2.05) is 0 Å². The molecule has 0 saturated carbocycles. The molecule has 0 unspecified atom stereocenters. The van der Waals surface area contributed by atoms with Gasteiger partial charge in [-0.3, -0.25) is 0 Å². The fraction of sp³-hybridized carbons (Fsp3) is 1.00. The van der Waals surface area contributed by atoms with Gasteiger partial charge in [-0.2, -0.15) is 119 Å². The van der Waals surface area contributed by atoms with Crippen LogP contribution in [0.15, 0.2) is 0 Å². The first-order chi connectivity index (χ1) is 21.1. The number of rotatable bonds is 11. The van der Waals surface area contributed by atoms with Crippen molar-refractivity contribution in [2.45, 2.75) is 115 Å². The van der Waals surface area contributed by atoms with Crippen LogP contribution < -0.4 is 0 Å². The molecule has 3 atom stereocenters. The maximum Gasteiger partial charge on any atom is 0.460 e. The average Bonchev–Trinajstić information content (AvgIpc) is 3.19. The summed E-state index contributed by atoms with van der Waals surface area (Å²) in [5.41, 5.74) is -8.62. The Balaban J connectivity index is 4.52. The molecular formula is C19H11F27O4. The monoisotopic (exact) mass is 816 g/mol. The maximum atomic E-state index is 15.1. The molecule has 0 aromatic heterocycles. The van der Waals surface area contributed by atoms with E-state index < -0.39 is 102 Å². The fourth-order valence-electron chi connectivity index (χ4n) is 3.91. The molecule has 0 aliphatic carbocycles. The normalized spacial score (nSPS) is 22.6. The van der Waals surface area contributed by atoms with Crippen molar-refractivity contribution >= 4 is 0 Å². The molecule has 1 aliphatic heterocycles. The highest BCUT2D eigenvalue weighted by atomic mass is 19.4. The van der Waals surface area contributed by atoms with Gasteiger partial charge in [0.05, 0.1) is 0 Å². The highest BCUT2D eigenvalue weighted by Crippen LogP contribution is 2.66. The quantitative estimate of drug-likeness (QED) is 0.208. The highest BCUT2D eigenvalue weighted by Gasteiger charge is 2.97. The Bertz CT molecular complexity index is 1190. The van der Waals surface area contributed by atoms with E-state index in [9.17, 15) is 111 Å². The van der Waals surface area contributed by atoms with E-state index in [0.29, 0.717) is 0 Å². The molecule has 0 spiro atoms. The number of halogens is 27. The molecule has 0 aromatic rings. The smallest absolute Gasteiger partial charge is 0.384 e. The van der Waals surface area contributed by atoms with E-state index in [1.165, 1.54) is 0 Å². The van der Waals surface area contributed by atoms with Crippen LogP contribution in [0.5, 0.6) is 0 Å². The molecular weight excluding hydrogens is 805 g/mol. The van der Waals surface area contributed by atoms with Gasteiger partial charge in [0.2, 0.25) is 5.60 Å². The first kappa shape index (κ1) is 46.0. The third-order valence-electron chi connectivity index (χ3n) is 6.64. The van der Waals surface area contributed by atoms with E-state index in [2.05, 4.69) is 9.47 Å². The van der Waals surface area contributed by atoms with Crippen molar-refractivity contribution in [3.05, 3.63) is 0 Å².